The molecule has 136 valence electrons. The van der Waals surface area contributed by atoms with Crippen LogP contribution >= 0.6 is 0 Å². The highest BCUT2D eigenvalue weighted by Gasteiger charge is 2.28. The highest BCUT2D eigenvalue weighted by atomic mass is 32.2. The second-order valence-corrected chi connectivity index (χ2v) is 7.98. The molecule has 1 saturated heterocycles. The SMILES string of the molecule is O=c1[nH]c2cc(N3CCN(S(=O)(=O)c4ccc(F)cc4)CC3)ccc2o1. The molecule has 0 unspecified atom stereocenters. The number of piperazine rings is 1. The van der Waals surface area contributed by atoms with Gasteiger partial charge in [0.05, 0.1) is 10.4 Å². The smallest absolute Gasteiger partial charge is 0.408 e. The van der Waals surface area contributed by atoms with Crippen molar-refractivity contribution in [1.29, 1.82) is 0 Å². The Hall–Kier alpha value is -2.65. The standard InChI is InChI=1S/C17H16FN3O4S/c18-12-1-4-14(5-2-12)26(23,24)21-9-7-20(8-10-21)13-3-6-16-15(11-13)19-17(22)25-16/h1-6,11H,7-10H2,(H,19,22). The molecule has 2 aromatic carbocycles. The average Bonchev–Trinajstić information content (AvgIpc) is 3.01. The van der Waals surface area contributed by atoms with E-state index in [9.17, 15) is 17.6 Å². The van der Waals surface area contributed by atoms with Crippen LogP contribution in [0.5, 0.6) is 0 Å². The normalized spacial score (nSPS) is 16.3. The van der Waals surface area contributed by atoms with E-state index >= 15 is 0 Å². The first-order chi connectivity index (χ1) is 12.4. The van der Waals surface area contributed by atoms with Crippen molar-refractivity contribution in [2.75, 3.05) is 31.1 Å². The molecule has 3 aromatic rings. The lowest BCUT2D eigenvalue weighted by atomic mass is 10.2. The molecule has 0 radical (unpaired) electrons. The Bertz CT molecular complexity index is 1100. The number of nitrogens with zero attached hydrogens (tertiary/aromatic N) is 2. The van der Waals surface area contributed by atoms with Crippen LogP contribution in [0.4, 0.5) is 10.1 Å². The molecule has 0 saturated carbocycles. The first kappa shape index (κ1) is 16.8. The van der Waals surface area contributed by atoms with Crippen LogP contribution in [0, 0.1) is 5.82 Å². The molecule has 1 aliphatic heterocycles. The van der Waals surface area contributed by atoms with E-state index in [2.05, 4.69) is 4.98 Å². The fourth-order valence-corrected chi connectivity index (χ4v) is 4.50. The highest BCUT2D eigenvalue weighted by Crippen LogP contribution is 2.23. The van der Waals surface area contributed by atoms with Crippen LogP contribution in [0.1, 0.15) is 0 Å². The summed E-state index contributed by atoms with van der Waals surface area (Å²) in [6, 6.07) is 10.2. The highest BCUT2D eigenvalue weighted by molar-refractivity contribution is 7.89. The summed E-state index contributed by atoms with van der Waals surface area (Å²) in [4.78, 5) is 16.0. The number of halogens is 1. The maximum atomic E-state index is 13.0. The lowest BCUT2D eigenvalue weighted by molar-refractivity contribution is 0.385. The number of aromatic amines is 1. The zero-order chi connectivity index (χ0) is 18.3. The number of H-pyrrole nitrogens is 1. The molecule has 2 heterocycles. The summed E-state index contributed by atoms with van der Waals surface area (Å²) in [6.07, 6.45) is 0. The molecule has 1 aliphatic rings. The van der Waals surface area contributed by atoms with Crippen LogP contribution in [0.3, 0.4) is 0 Å². The Morgan fingerprint density at radius 1 is 1.00 bits per heavy atom. The largest absolute Gasteiger partial charge is 0.417 e. The first-order valence-corrected chi connectivity index (χ1v) is 9.51. The fraction of sp³-hybridized carbons (Fsp3) is 0.235. The third-order valence-electron chi connectivity index (χ3n) is 4.46. The maximum absolute atomic E-state index is 13.0. The number of nitrogens with one attached hydrogen (secondary N) is 1. The molecule has 0 atom stereocenters. The molecular formula is C17H16FN3O4S. The van der Waals surface area contributed by atoms with Gasteiger partial charge in [0.1, 0.15) is 5.82 Å². The number of hydrogen-bond donors (Lipinski definition) is 1. The third-order valence-corrected chi connectivity index (χ3v) is 6.37. The van der Waals surface area contributed by atoms with Gasteiger partial charge in [0, 0.05) is 31.9 Å². The topological polar surface area (TPSA) is 86.6 Å². The number of hydrogen-bond acceptors (Lipinski definition) is 5. The molecule has 1 aromatic heterocycles. The molecule has 1 N–H and O–H groups in total. The molecule has 0 bridgehead atoms. The Kier molecular flexibility index (Phi) is 4.04. The van der Waals surface area contributed by atoms with Gasteiger partial charge >= 0.3 is 5.76 Å². The fourth-order valence-electron chi connectivity index (χ4n) is 3.08. The van der Waals surface area contributed by atoms with E-state index in [0.29, 0.717) is 37.3 Å². The molecule has 7 nitrogen and oxygen atoms in total. The maximum Gasteiger partial charge on any atom is 0.417 e. The van der Waals surface area contributed by atoms with Crippen molar-refractivity contribution in [2.45, 2.75) is 4.90 Å². The average molecular weight is 377 g/mol. The molecule has 4 rings (SSSR count). The van der Waals surface area contributed by atoms with E-state index in [1.807, 2.05) is 17.0 Å². The summed E-state index contributed by atoms with van der Waals surface area (Å²) in [5, 5.41) is 0. The molecule has 0 aliphatic carbocycles. The van der Waals surface area contributed by atoms with Gasteiger partial charge in [-0.15, -0.1) is 0 Å². The number of aromatic nitrogens is 1. The summed E-state index contributed by atoms with van der Waals surface area (Å²) in [5.41, 5.74) is 1.97. The summed E-state index contributed by atoms with van der Waals surface area (Å²) < 4.78 is 44.7. The van der Waals surface area contributed by atoms with Gasteiger partial charge in [0.15, 0.2) is 5.58 Å². The van der Waals surface area contributed by atoms with Crippen LogP contribution < -0.4 is 10.7 Å². The second-order valence-electron chi connectivity index (χ2n) is 6.04. The number of rotatable bonds is 3. The van der Waals surface area contributed by atoms with Crippen molar-refractivity contribution in [1.82, 2.24) is 9.29 Å². The molecule has 0 spiro atoms. The van der Waals surface area contributed by atoms with Crippen molar-refractivity contribution >= 4 is 26.8 Å². The van der Waals surface area contributed by atoms with Crippen LogP contribution in [0.15, 0.2) is 56.6 Å². The van der Waals surface area contributed by atoms with Gasteiger partial charge in [-0.25, -0.2) is 17.6 Å². The summed E-state index contributed by atoms with van der Waals surface area (Å²) >= 11 is 0. The second kappa shape index (κ2) is 6.26. The predicted octanol–water partition coefficient (Wildman–Crippen LogP) is 1.77. The third kappa shape index (κ3) is 2.99. The Balaban J connectivity index is 1.50. The number of oxazole rings is 1. The van der Waals surface area contributed by atoms with Crippen LogP contribution in [0.2, 0.25) is 0 Å². The van der Waals surface area contributed by atoms with Gasteiger partial charge in [-0.05, 0) is 42.5 Å². The lowest BCUT2D eigenvalue weighted by Gasteiger charge is -2.35. The van der Waals surface area contributed by atoms with Crippen LogP contribution in [-0.4, -0.2) is 43.9 Å². The Morgan fingerprint density at radius 3 is 2.38 bits per heavy atom. The van der Waals surface area contributed by atoms with Gasteiger partial charge in [0.2, 0.25) is 10.0 Å². The zero-order valence-corrected chi connectivity index (χ0v) is 14.5. The summed E-state index contributed by atoms with van der Waals surface area (Å²) in [5.74, 6) is -0.978. The Morgan fingerprint density at radius 2 is 1.69 bits per heavy atom. The summed E-state index contributed by atoms with van der Waals surface area (Å²) in [7, 11) is -3.64. The lowest BCUT2D eigenvalue weighted by Crippen LogP contribution is -2.48. The van der Waals surface area contributed by atoms with Gasteiger partial charge in [-0.3, -0.25) is 4.98 Å². The van der Waals surface area contributed by atoms with E-state index in [0.717, 1.165) is 17.8 Å². The molecule has 1 fully saturated rings. The predicted molar refractivity (Wildman–Crippen MR) is 94.2 cm³/mol. The van der Waals surface area contributed by atoms with E-state index in [4.69, 9.17) is 4.42 Å². The van der Waals surface area contributed by atoms with Crippen molar-refractivity contribution in [3.8, 4) is 0 Å². The molecular weight excluding hydrogens is 361 g/mol. The van der Waals surface area contributed by atoms with Gasteiger partial charge < -0.3 is 9.32 Å². The zero-order valence-electron chi connectivity index (χ0n) is 13.7. The van der Waals surface area contributed by atoms with Crippen LogP contribution in [-0.2, 0) is 10.0 Å². The van der Waals surface area contributed by atoms with Crippen molar-refractivity contribution in [3.63, 3.8) is 0 Å². The summed E-state index contributed by atoms with van der Waals surface area (Å²) in [6.45, 7) is 1.65. The van der Waals surface area contributed by atoms with Crippen molar-refractivity contribution in [3.05, 3.63) is 58.8 Å². The van der Waals surface area contributed by atoms with E-state index in [1.54, 1.807) is 6.07 Å². The minimum Gasteiger partial charge on any atom is -0.408 e. The van der Waals surface area contributed by atoms with E-state index in [1.165, 1.54) is 16.4 Å². The first-order valence-electron chi connectivity index (χ1n) is 8.07. The van der Waals surface area contributed by atoms with Crippen molar-refractivity contribution < 1.29 is 17.2 Å². The van der Waals surface area contributed by atoms with Gasteiger partial charge in [-0.1, -0.05) is 0 Å². The number of benzene rings is 2. The van der Waals surface area contributed by atoms with E-state index < -0.39 is 21.6 Å². The number of sulfonamides is 1. The number of fused-ring (bicyclic) bond motifs is 1. The number of anilines is 1. The van der Waals surface area contributed by atoms with Gasteiger partial charge in [-0.2, -0.15) is 4.31 Å². The molecule has 0 amide bonds. The molecule has 26 heavy (non-hydrogen) atoms. The Labute approximate surface area is 148 Å². The monoisotopic (exact) mass is 377 g/mol. The van der Waals surface area contributed by atoms with E-state index in [-0.39, 0.29) is 4.90 Å². The van der Waals surface area contributed by atoms with Crippen LogP contribution in [0.25, 0.3) is 11.1 Å². The molecule has 9 heteroatoms. The van der Waals surface area contributed by atoms with Crippen molar-refractivity contribution in [2.24, 2.45) is 0 Å². The minimum atomic E-state index is -3.64. The minimum absolute atomic E-state index is 0.0877. The quantitative estimate of drug-likeness (QED) is 0.752. The van der Waals surface area contributed by atoms with Gasteiger partial charge in [0.25, 0.3) is 0 Å².